The fourth-order valence-electron chi connectivity index (χ4n) is 2.50. The third kappa shape index (κ3) is 3.42. The lowest BCUT2D eigenvalue weighted by molar-refractivity contribution is 0.740. The van der Waals surface area contributed by atoms with Gasteiger partial charge in [0.25, 0.3) is 0 Å². The summed E-state index contributed by atoms with van der Waals surface area (Å²) in [7, 11) is 0. The van der Waals surface area contributed by atoms with E-state index in [0.717, 1.165) is 52.6 Å². The SMILES string of the molecule is N#Cc1c(Cl)cccc1-c1nc(-c2csc(NC3=NCCCN3)n2)cs1. The first-order valence-electron chi connectivity index (χ1n) is 7.90. The van der Waals surface area contributed by atoms with Gasteiger partial charge >= 0.3 is 0 Å². The minimum Gasteiger partial charge on any atom is -0.356 e. The third-order valence-electron chi connectivity index (χ3n) is 3.75. The Labute approximate surface area is 163 Å². The standard InChI is InChI=1S/C17H13ClN6S2/c18-12-4-1-3-10(11(12)7-19)15-22-13(8-25-15)14-9-26-17(23-14)24-16-20-5-2-6-21-16/h1,3-4,8-9H,2,5-6H2,(H2,20,21,23,24). The Morgan fingerprint density at radius 2 is 2.04 bits per heavy atom. The predicted octanol–water partition coefficient (Wildman–Crippen LogP) is 4.22. The molecule has 130 valence electrons. The number of benzene rings is 1. The van der Waals surface area contributed by atoms with Crippen LogP contribution in [0.1, 0.15) is 12.0 Å². The van der Waals surface area contributed by atoms with Crippen LogP contribution in [0.15, 0.2) is 34.0 Å². The zero-order chi connectivity index (χ0) is 17.9. The maximum atomic E-state index is 9.35. The molecular weight excluding hydrogens is 388 g/mol. The lowest BCUT2D eigenvalue weighted by Gasteiger charge is -2.13. The molecule has 0 unspecified atom stereocenters. The van der Waals surface area contributed by atoms with Crippen molar-refractivity contribution in [1.29, 1.82) is 5.26 Å². The Morgan fingerprint density at radius 3 is 2.85 bits per heavy atom. The van der Waals surface area contributed by atoms with Crippen molar-refractivity contribution in [3.63, 3.8) is 0 Å². The molecule has 0 bridgehead atoms. The molecule has 0 saturated heterocycles. The minimum absolute atomic E-state index is 0.433. The van der Waals surface area contributed by atoms with E-state index in [9.17, 15) is 5.26 Å². The molecule has 26 heavy (non-hydrogen) atoms. The van der Waals surface area contributed by atoms with Gasteiger partial charge in [-0.05, 0) is 12.5 Å². The number of anilines is 1. The Hall–Kier alpha value is -2.47. The summed E-state index contributed by atoms with van der Waals surface area (Å²) in [4.78, 5) is 13.6. The molecule has 2 N–H and O–H groups in total. The summed E-state index contributed by atoms with van der Waals surface area (Å²) in [6, 6.07) is 7.54. The Kier molecular flexibility index (Phi) is 4.84. The van der Waals surface area contributed by atoms with Crippen molar-refractivity contribution in [1.82, 2.24) is 15.3 Å². The average molecular weight is 401 g/mol. The molecule has 6 nitrogen and oxygen atoms in total. The summed E-state index contributed by atoms with van der Waals surface area (Å²) in [6.45, 7) is 1.74. The largest absolute Gasteiger partial charge is 0.356 e. The fourth-order valence-corrected chi connectivity index (χ4v) is 4.26. The number of nitrogens with zero attached hydrogens (tertiary/aromatic N) is 4. The highest BCUT2D eigenvalue weighted by Crippen LogP contribution is 2.34. The number of guanidine groups is 1. The van der Waals surface area contributed by atoms with Crippen molar-refractivity contribution < 1.29 is 0 Å². The van der Waals surface area contributed by atoms with E-state index in [2.05, 4.69) is 31.7 Å². The van der Waals surface area contributed by atoms with Gasteiger partial charge < -0.3 is 10.6 Å². The molecule has 4 rings (SSSR count). The van der Waals surface area contributed by atoms with Gasteiger partial charge in [-0.25, -0.2) is 9.97 Å². The van der Waals surface area contributed by atoms with Gasteiger partial charge in [0.05, 0.1) is 10.6 Å². The molecule has 3 aromatic rings. The second-order valence-electron chi connectivity index (χ2n) is 5.49. The van der Waals surface area contributed by atoms with E-state index in [4.69, 9.17) is 11.6 Å². The molecule has 0 atom stereocenters. The molecule has 1 aromatic carbocycles. The minimum atomic E-state index is 0.433. The first-order chi connectivity index (χ1) is 12.7. The van der Waals surface area contributed by atoms with E-state index < -0.39 is 0 Å². The average Bonchev–Trinajstić information content (AvgIpc) is 3.32. The smallest absolute Gasteiger partial charge is 0.197 e. The summed E-state index contributed by atoms with van der Waals surface area (Å²) in [5, 5.41) is 21.6. The van der Waals surface area contributed by atoms with Gasteiger partial charge in [-0.3, -0.25) is 4.99 Å². The number of halogens is 1. The zero-order valence-corrected chi connectivity index (χ0v) is 15.9. The van der Waals surface area contributed by atoms with Crippen LogP contribution < -0.4 is 10.6 Å². The first-order valence-corrected chi connectivity index (χ1v) is 10.0. The van der Waals surface area contributed by atoms with Gasteiger partial charge in [0, 0.05) is 29.4 Å². The predicted molar refractivity (Wildman–Crippen MR) is 107 cm³/mol. The van der Waals surface area contributed by atoms with Crippen molar-refractivity contribution in [3.8, 4) is 28.0 Å². The van der Waals surface area contributed by atoms with Gasteiger partial charge in [0.1, 0.15) is 22.5 Å². The van der Waals surface area contributed by atoms with Crippen LogP contribution in [0, 0.1) is 11.3 Å². The third-order valence-corrected chi connectivity index (χ3v) is 5.70. The second-order valence-corrected chi connectivity index (χ2v) is 7.61. The van der Waals surface area contributed by atoms with Crippen molar-refractivity contribution in [2.75, 3.05) is 18.4 Å². The number of aromatic nitrogens is 2. The second kappa shape index (κ2) is 7.41. The number of hydrogen-bond donors (Lipinski definition) is 2. The van der Waals surface area contributed by atoms with E-state index >= 15 is 0 Å². The van der Waals surface area contributed by atoms with Crippen LogP contribution >= 0.6 is 34.3 Å². The van der Waals surface area contributed by atoms with Crippen LogP contribution in [0.3, 0.4) is 0 Å². The summed E-state index contributed by atoms with van der Waals surface area (Å²) in [6.07, 6.45) is 1.05. The molecule has 0 saturated carbocycles. The molecule has 1 aliphatic heterocycles. The maximum Gasteiger partial charge on any atom is 0.197 e. The number of nitriles is 1. The molecule has 0 spiro atoms. The van der Waals surface area contributed by atoms with E-state index in [0.29, 0.717) is 10.6 Å². The van der Waals surface area contributed by atoms with E-state index in [1.165, 1.54) is 22.7 Å². The van der Waals surface area contributed by atoms with Crippen molar-refractivity contribution in [2.24, 2.45) is 4.99 Å². The molecule has 0 fully saturated rings. The Morgan fingerprint density at radius 1 is 1.19 bits per heavy atom. The van der Waals surface area contributed by atoms with Gasteiger partial charge in [-0.15, -0.1) is 22.7 Å². The van der Waals surface area contributed by atoms with Crippen LogP contribution in [0.2, 0.25) is 5.02 Å². The summed E-state index contributed by atoms with van der Waals surface area (Å²) in [5.74, 6) is 0.758. The van der Waals surface area contributed by atoms with Crippen molar-refractivity contribution in [3.05, 3.63) is 39.5 Å². The lowest BCUT2D eigenvalue weighted by Crippen LogP contribution is -2.35. The fraction of sp³-hybridized carbons (Fsp3) is 0.176. The molecule has 0 radical (unpaired) electrons. The highest BCUT2D eigenvalue weighted by Gasteiger charge is 2.15. The van der Waals surface area contributed by atoms with Gasteiger partial charge in [-0.2, -0.15) is 5.26 Å². The molecule has 9 heteroatoms. The number of thiazole rings is 2. The summed E-state index contributed by atoms with van der Waals surface area (Å²) in [5.41, 5.74) is 2.75. The van der Waals surface area contributed by atoms with Gasteiger partial charge in [-0.1, -0.05) is 23.7 Å². The maximum absolute atomic E-state index is 9.35. The van der Waals surface area contributed by atoms with E-state index in [1.54, 1.807) is 6.07 Å². The highest BCUT2D eigenvalue weighted by atomic mass is 35.5. The van der Waals surface area contributed by atoms with E-state index in [-0.39, 0.29) is 0 Å². The summed E-state index contributed by atoms with van der Waals surface area (Å²) < 4.78 is 0. The number of aliphatic imine (C=N–C) groups is 1. The van der Waals surface area contributed by atoms with Crippen molar-refractivity contribution in [2.45, 2.75) is 6.42 Å². The normalized spacial score (nSPS) is 13.6. The van der Waals surface area contributed by atoms with Crippen LogP contribution in [-0.2, 0) is 0 Å². The van der Waals surface area contributed by atoms with Crippen LogP contribution in [-0.4, -0.2) is 29.0 Å². The van der Waals surface area contributed by atoms with E-state index in [1.807, 2.05) is 22.9 Å². The Bertz CT molecular complexity index is 1020. The first kappa shape index (κ1) is 17.0. The monoisotopic (exact) mass is 400 g/mol. The zero-order valence-electron chi connectivity index (χ0n) is 13.5. The quantitative estimate of drug-likeness (QED) is 0.687. The molecule has 0 aliphatic carbocycles. The highest BCUT2D eigenvalue weighted by molar-refractivity contribution is 7.14. The van der Waals surface area contributed by atoms with Gasteiger partial charge in [0.15, 0.2) is 11.1 Å². The van der Waals surface area contributed by atoms with Crippen LogP contribution in [0.25, 0.3) is 22.0 Å². The summed E-state index contributed by atoms with van der Waals surface area (Å²) >= 11 is 9.09. The number of hydrogen-bond acceptors (Lipinski definition) is 8. The Balaban J connectivity index is 1.58. The topological polar surface area (TPSA) is 86.0 Å². The molecular formula is C17H13ClN6S2. The van der Waals surface area contributed by atoms with Gasteiger partial charge in [0.2, 0.25) is 0 Å². The molecule has 1 aliphatic rings. The van der Waals surface area contributed by atoms with Crippen molar-refractivity contribution >= 4 is 45.4 Å². The number of nitrogens with one attached hydrogen (secondary N) is 2. The number of rotatable bonds is 3. The van der Waals surface area contributed by atoms with Crippen LogP contribution in [0.4, 0.5) is 5.13 Å². The molecule has 2 aromatic heterocycles. The molecule has 3 heterocycles. The lowest BCUT2D eigenvalue weighted by atomic mass is 10.1. The molecule has 0 amide bonds. The van der Waals surface area contributed by atoms with Crippen LogP contribution in [0.5, 0.6) is 0 Å².